The summed E-state index contributed by atoms with van der Waals surface area (Å²) in [5, 5.41) is 4.27. The van der Waals surface area contributed by atoms with Crippen LogP contribution in [0.15, 0.2) is 12.1 Å². The zero-order valence-electron chi connectivity index (χ0n) is 12.7. The Balaban J connectivity index is 1.53. The second-order valence-corrected chi connectivity index (χ2v) is 6.50. The number of nitrogens with one attached hydrogen (secondary N) is 1. The van der Waals surface area contributed by atoms with Crippen molar-refractivity contribution in [2.75, 3.05) is 19.9 Å². The Bertz CT molecular complexity index is 499. The molecule has 0 bridgehead atoms. The third-order valence-electron chi connectivity index (χ3n) is 4.34. The van der Waals surface area contributed by atoms with Crippen molar-refractivity contribution < 1.29 is 9.47 Å². The van der Waals surface area contributed by atoms with E-state index in [4.69, 9.17) is 21.1 Å². The van der Waals surface area contributed by atoms with Gasteiger partial charge in [0, 0.05) is 18.6 Å². The highest BCUT2D eigenvalue weighted by Gasteiger charge is 2.21. The average molecular weight is 311 g/mol. The largest absolute Gasteiger partial charge is 0.454 e. The number of benzene rings is 1. The van der Waals surface area contributed by atoms with Gasteiger partial charge in [0.05, 0.1) is 5.02 Å². The van der Waals surface area contributed by atoms with Gasteiger partial charge in [-0.2, -0.15) is 0 Å². The normalized spacial score (nSPS) is 19.4. The van der Waals surface area contributed by atoms with Crippen molar-refractivity contribution in [1.82, 2.24) is 10.2 Å². The fourth-order valence-electron chi connectivity index (χ4n) is 3.01. The number of halogens is 1. The maximum Gasteiger partial charge on any atom is 0.231 e. The van der Waals surface area contributed by atoms with E-state index in [0.717, 1.165) is 17.9 Å². The molecule has 1 fully saturated rings. The maximum absolute atomic E-state index is 6.21. The van der Waals surface area contributed by atoms with Gasteiger partial charge in [-0.05, 0) is 57.5 Å². The minimum atomic E-state index is 0.263. The molecule has 5 heteroatoms. The molecule has 2 aliphatic heterocycles. The maximum atomic E-state index is 6.21. The van der Waals surface area contributed by atoms with E-state index in [1.54, 1.807) is 0 Å². The van der Waals surface area contributed by atoms with Crippen LogP contribution in [0.5, 0.6) is 11.5 Å². The lowest BCUT2D eigenvalue weighted by molar-refractivity contribution is 0.161. The van der Waals surface area contributed by atoms with Gasteiger partial charge in [0.1, 0.15) is 0 Å². The van der Waals surface area contributed by atoms with Gasteiger partial charge >= 0.3 is 0 Å². The molecule has 1 saturated heterocycles. The summed E-state index contributed by atoms with van der Waals surface area (Å²) >= 11 is 6.21. The van der Waals surface area contributed by atoms with Crippen molar-refractivity contribution in [3.05, 3.63) is 22.7 Å². The van der Waals surface area contributed by atoms with E-state index in [9.17, 15) is 0 Å². The van der Waals surface area contributed by atoms with Gasteiger partial charge < -0.3 is 19.7 Å². The van der Waals surface area contributed by atoms with Crippen LogP contribution >= 0.6 is 11.6 Å². The van der Waals surface area contributed by atoms with Crippen molar-refractivity contribution in [2.24, 2.45) is 0 Å². The highest BCUT2D eigenvalue weighted by atomic mass is 35.5. The van der Waals surface area contributed by atoms with E-state index in [2.05, 4.69) is 24.1 Å². The fraction of sp³-hybridized carbons (Fsp3) is 0.625. The molecule has 0 atom stereocenters. The molecule has 21 heavy (non-hydrogen) atoms. The van der Waals surface area contributed by atoms with Gasteiger partial charge in [0.15, 0.2) is 11.5 Å². The van der Waals surface area contributed by atoms with E-state index in [1.807, 2.05) is 12.1 Å². The van der Waals surface area contributed by atoms with Gasteiger partial charge in [0.2, 0.25) is 6.79 Å². The Morgan fingerprint density at radius 3 is 2.76 bits per heavy atom. The Morgan fingerprint density at radius 2 is 2.05 bits per heavy atom. The standard InChI is InChI=1S/C16H23ClN2O2/c1-11(2)19-5-3-13(4-6-19)18-9-12-7-14(17)16-15(8-12)20-10-21-16/h7-8,11,13,18H,3-6,9-10H2,1-2H3. The first-order chi connectivity index (χ1) is 10.1. The molecule has 3 rings (SSSR count). The molecular formula is C16H23ClN2O2. The van der Waals surface area contributed by atoms with E-state index in [0.29, 0.717) is 22.9 Å². The van der Waals surface area contributed by atoms with Crippen molar-refractivity contribution in [1.29, 1.82) is 0 Å². The summed E-state index contributed by atoms with van der Waals surface area (Å²) in [6.45, 7) is 7.97. The molecule has 1 aromatic rings. The zero-order valence-corrected chi connectivity index (χ0v) is 13.4. The summed E-state index contributed by atoms with van der Waals surface area (Å²) in [7, 11) is 0. The molecule has 2 aliphatic rings. The number of rotatable bonds is 4. The first-order valence-electron chi connectivity index (χ1n) is 7.69. The highest BCUT2D eigenvalue weighted by molar-refractivity contribution is 6.32. The molecular weight excluding hydrogens is 288 g/mol. The summed E-state index contributed by atoms with van der Waals surface area (Å²) in [5.74, 6) is 1.43. The molecule has 0 amide bonds. The lowest BCUT2D eigenvalue weighted by Crippen LogP contribution is -2.44. The topological polar surface area (TPSA) is 33.7 Å². The average Bonchev–Trinajstić information content (AvgIpc) is 2.94. The van der Waals surface area contributed by atoms with E-state index < -0.39 is 0 Å². The van der Waals surface area contributed by atoms with E-state index >= 15 is 0 Å². The monoisotopic (exact) mass is 310 g/mol. The van der Waals surface area contributed by atoms with Crippen molar-refractivity contribution in [3.63, 3.8) is 0 Å². The Morgan fingerprint density at radius 1 is 1.29 bits per heavy atom. The SMILES string of the molecule is CC(C)N1CCC(NCc2cc(Cl)c3c(c2)OCO3)CC1. The quantitative estimate of drug-likeness (QED) is 0.927. The van der Waals surface area contributed by atoms with Gasteiger partial charge in [-0.15, -0.1) is 0 Å². The van der Waals surface area contributed by atoms with Gasteiger partial charge in [-0.25, -0.2) is 0 Å². The highest BCUT2D eigenvalue weighted by Crippen LogP contribution is 2.39. The molecule has 116 valence electrons. The van der Waals surface area contributed by atoms with E-state index in [1.165, 1.54) is 25.9 Å². The third kappa shape index (κ3) is 3.44. The first kappa shape index (κ1) is 14.9. The number of hydrogen-bond acceptors (Lipinski definition) is 4. The second-order valence-electron chi connectivity index (χ2n) is 6.10. The number of likely N-dealkylation sites (tertiary alicyclic amines) is 1. The fourth-order valence-corrected chi connectivity index (χ4v) is 3.29. The van der Waals surface area contributed by atoms with Crippen LogP contribution in [0, 0.1) is 0 Å². The molecule has 0 aliphatic carbocycles. The van der Waals surface area contributed by atoms with Crippen molar-refractivity contribution in [2.45, 2.75) is 45.3 Å². The minimum absolute atomic E-state index is 0.263. The molecule has 1 N–H and O–H groups in total. The summed E-state index contributed by atoms with van der Waals surface area (Å²) in [6, 6.07) is 5.22. The van der Waals surface area contributed by atoms with Crippen molar-refractivity contribution in [3.8, 4) is 11.5 Å². The summed E-state index contributed by atoms with van der Waals surface area (Å²) < 4.78 is 10.7. The van der Waals surface area contributed by atoms with Gasteiger partial charge in [0.25, 0.3) is 0 Å². The molecule has 0 saturated carbocycles. The molecule has 0 radical (unpaired) electrons. The van der Waals surface area contributed by atoms with Crippen LogP contribution in [0.25, 0.3) is 0 Å². The van der Waals surface area contributed by atoms with Crippen LogP contribution in [0.4, 0.5) is 0 Å². The number of ether oxygens (including phenoxy) is 2. The predicted octanol–water partition coefficient (Wildman–Crippen LogP) is 3.03. The molecule has 2 heterocycles. The van der Waals surface area contributed by atoms with E-state index in [-0.39, 0.29) is 6.79 Å². The molecule has 1 aromatic carbocycles. The van der Waals surface area contributed by atoms with Crippen LogP contribution < -0.4 is 14.8 Å². The van der Waals surface area contributed by atoms with Gasteiger partial charge in [-0.1, -0.05) is 11.6 Å². The van der Waals surface area contributed by atoms with Crippen LogP contribution in [0.2, 0.25) is 5.02 Å². The lowest BCUT2D eigenvalue weighted by atomic mass is 10.0. The predicted molar refractivity (Wildman–Crippen MR) is 84.1 cm³/mol. The van der Waals surface area contributed by atoms with Crippen LogP contribution in [-0.2, 0) is 6.54 Å². The lowest BCUT2D eigenvalue weighted by Gasteiger charge is -2.35. The molecule has 4 nitrogen and oxygen atoms in total. The smallest absolute Gasteiger partial charge is 0.231 e. The van der Waals surface area contributed by atoms with Crippen LogP contribution in [0.3, 0.4) is 0 Å². The Labute approximate surface area is 131 Å². The Kier molecular flexibility index (Phi) is 4.57. The van der Waals surface area contributed by atoms with Crippen molar-refractivity contribution >= 4 is 11.6 Å². The third-order valence-corrected chi connectivity index (χ3v) is 4.62. The summed E-state index contributed by atoms with van der Waals surface area (Å²) in [4.78, 5) is 2.54. The van der Waals surface area contributed by atoms with Crippen LogP contribution in [-0.4, -0.2) is 36.9 Å². The Hall–Kier alpha value is -0.970. The minimum Gasteiger partial charge on any atom is -0.454 e. The molecule has 0 aromatic heterocycles. The number of hydrogen-bond donors (Lipinski definition) is 1. The molecule has 0 spiro atoms. The number of piperidine rings is 1. The van der Waals surface area contributed by atoms with Crippen LogP contribution in [0.1, 0.15) is 32.3 Å². The summed E-state index contributed by atoms with van der Waals surface area (Å²) in [5.41, 5.74) is 1.15. The second kappa shape index (κ2) is 6.42. The zero-order chi connectivity index (χ0) is 14.8. The summed E-state index contributed by atoms with van der Waals surface area (Å²) in [6.07, 6.45) is 2.41. The molecule has 0 unspecified atom stereocenters. The first-order valence-corrected chi connectivity index (χ1v) is 8.06. The number of fused-ring (bicyclic) bond motifs is 1. The number of nitrogens with zero attached hydrogens (tertiary/aromatic N) is 1. The van der Waals surface area contributed by atoms with Gasteiger partial charge in [-0.3, -0.25) is 0 Å².